The van der Waals surface area contributed by atoms with E-state index in [0.29, 0.717) is 0 Å². The van der Waals surface area contributed by atoms with Gasteiger partial charge in [0.05, 0.1) is 6.04 Å². The van der Waals surface area contributed by atoms with E-state index < -0.39 is 0 Å². The zero-order valence-electron chi connectivity index (χ0n) is 10.5. The number of nitrogens with zero attached hydrogens (tertiary/aromatic N) is 1. The molecule has 0 aromatic heterocycles. The Labute approximate surface area is 117 Å². The second-order valence-electron chi connectivity index (χ2n) is 4.66. The van der Waals surface area contributed by atoms with Crippen LogP contribution in [0.1, 0.15) is 5.56 Å². The van der Waals surface area contributed by atoms with Gasteiger partial charge in [0.15, 0.2) is 0 Å². The van der Waals surface area contributed by atoms with Gasteiger partial charge in [0.2, 0.25) is 5.12 Å². The van der Waals surface area contributed by atoms with Gasteiger partial charge in [-0.1, -0.05) is 60.3 Å². The number of rotatable bonds is 4. The molecule has 0 bridgehead atoms. The van der Waals surface area contributed by atoms with Crippen LogP contribution in [0.25, 0.3) is 0 Å². The van der Waals surface area contributed by atoms with Gasteiger partial charge in [0.25, 0.3) is 0 Å². The maximum absolute atomic E-state index is 12.1. The highest BCUT2D eigenvalue weighted by Crippen LogP contribution is 2.29. The summed E-state index contributed by atoms with van der Waals surface area (Å²) in [6.07, 6.45) is 0. The second-order valence-corrected chi connectivity index (χ2v) is 5.74. The molecule has 0 aliphatic carbocycles. The van der Waals surface area contributed by atoms with Crippen LogP contribution in [0.5, 0.6) is 0 Å². The third-order valence-electron chi connectivity index (χ3n) is 3.18. The number of carbonyl (C=O) groups is 1. The predicted molar refractivity (Wildman–Crippen MR) is 77.9 cm³/mol. The number of hydrogen-bond acceptors (Lipinski definition) is 3. The summed E-state index contributed by atoms with van der Waals surface area (Å²) in [5.41, 5.74) is 1.27. The molecular weight excluding hydrogens is 254 g/mol. The fourth-order valence-corrected chi connectivity index (χ4v) is 2.95. The van der Waals surface area contributed by atoms with Crippen molar-refractivity contribution < 1.29 is 4.79 Å². The standard InChI is InChI=1S/C16H15NOS/c18-16(19-14-9-5-2-6-10-14)15-12-17(15)11-13-7-3-1-4-8-13/h1-10,15H,11-12H2. The molecule has 1 fully saturated rings. The van der Waals surface area contributed by atoms with Crippen molar-refractivity contribution in [2.24, 2.45) is 0 Å². The normalized spacial score (nSPS) is 21.1. The van der Waals surface area contributed by atoms with E-state index in [2.05, 4.69) is 17.0 Å². The first-order valence-corrected chi connectivity index (χ1v) is 7.19. The predicted octanol–water partition coefficient (Wildman–Crippen LogP) is 3.19. The average molecular weight is 269 g/mol. The van der Waals surface area contributed by atoms with Gasteiger partial charge < -0.3 is 0 Å². The molecule has 1 aliphatic heterocycles. The number of benzene rings is 2. The Balaban J connectivity index is 1.54. The minimum absolute atomic E-state index is 0.0883. The largest absolute Gasteiger partial charge is 0.285 e. The van der Waals surface area contributed by atoms with Crippen LogP contribution in [0.2, 0.25) is 0 Å². The van der Waals surface area contributed by atoms with Crippen LogP contribution >= 0.6 is 11.8 Å². The molecule has 2 aromatic carbocycles. The summed E-state index contributed by atoms with van der Waals surface area (Å²) in [5.74, 6) is 0. The zero-order valence-corrected chi connectivity index (χ0v) is 11.3. The van der Waals surface area contributed by atoms with Crippen molar-refractivity contribution in [3.8, 4) is 0 Å². The van der Waals surface area contributed by atoms with Crippen LogP contribution < -0.4 is 0 Å². The first kappa shape index (κ1) is 12.5. The van der Waals surface area contributed by atoms with Crippen LogP contribution in [0, 0.1) is 0 Å². The molecule has 0 N–H and O–H groups in total. The molecule has 96 valence electrons. The lowest BCUT2D eigenvalue weighted by molar-refractivity contribution is -0.111. The molecule has 2 unspecified atom stereocenters. The summed E-state index contributed by atoms with van der Waals surface area (Å²) in [4.78, 5) is 15.3. The first-order valence-electron chi connectivity index (χ1n) is 6.37. The number of carbonyl (C=O) groups excluding carboxylic acids is 1. The Morgan fingerprint density at radius 3 is 2.37 bits per heavy atom. The molecule has 3 heteroatoms. The van der Waals surface area contributed by atoms with Crippen molar-refractivity contribution in [3.05, 3.63) is 66.2 Å². The first-order chi connectivity index (χ1) is 9.33. The molecule has 3 rings (SSSR count). The highest BCUT2D eigenvalue weighted by atomic mass is 32.2. The summed E-state index contributed by atoms with van der Waals surface area (Å²) >= 11 is 1.35. The van der Waals surface area contributed by atoms with E-state index in [1.54, 1.807) is 0 Å². The molecule has 1 saturated heterocycles. The molecule has 0 amide bonds. The van der Waals surface area contributed by atoms with Gasteiger partial charge in [-0.25, -0.2) is 0 Å². The van der Waals surface area contributed by atoms with Gasteiger partial charge in [-0.2, -0.15) is 0 Å². The summed E-state index contributed by atoms with van der Waals surface area (Å²) in [6, 6.07) is 20.2. The average Bonchev–Trinajstić information content (AvgIpc) is 3.20. The van der Waals surface area contributed by atoms with Crippen molar-refractivity contribution in [2.75, 3.05) is 6.54 Å². The highest BCUT2D eigenvalue weighted by Gasteiger charge is 2.40. The molecule has 0 saturated carbocycles. The zero-order chi connectivity index (χ0) is 13.1. The monoisotopic (exact) mass is 269 g/mol. The van der Waals surface area contributed by atoms with Crippen molar-refractivity contribution in [3.63, 3.8) is 0 Å². The summed E-state index contributed by atoms with van der Waals surface area (Å²) < 4.78 is 0. The van der Waals surface area contributed by atoms with Crippen LogP contribution in [0.3, 0.4) is 0 Å². The van der Waals surface area contributed by atoms with E-state index in [-0.39, 0.29) is 11.2 Å². The Morgan fingerprint density at radius 1 is 1.05 bits per heavy atom. The van der Waals surface area contributed by atoms with Gasteiger partial charge in [0, 0.05) is 18.0 Å². The highest BCUT2D eigenvalue weighted by molar-refractivity contribution is 8.13. The lowest BCUT2D eigenvalue weighted by Gasteiger charge is -2.03. The number of hydrogen-bond donors (Lipinski definition) is 0. The maximum atomic E-state index is 12.1. The van der Waals surface area contributed by atoms with Crippen LogP contribution in [0.15, 0.2) is 65.6 Å². The molecule has 2 atom stereocenters. The van der Waals surface area contributed by atoms with Gasteiger partial charge in [0.1, 0.15) is 0 Å². The topological polar surface area (TPSA) is 20.1 Å². The maximum Gasteiger partial charge on any atom is 0.212 e. The minimum Gasteiger partial charge on any atom is -0.285 e. The second kappa shape index (κ2) is 5.59. The van der Waals surface area contributed by atoms with Crippen molar-refractivity contribution in [2.45, 2.75) is 17.5 Å². The molecule has 2 nitrogen and oxygen atoms in total. The Bertz CT molecular complexity index is 555. The third kappa shape index (κ3) is 3.25. The molecule has 1 aliphatic rings. The van der Waals surface area contributed by atoms with E-state index in [1.165, 1.54) is 17.3 Å². The molecule has 19 heavy (non-hydrogen) atoms. The smallest absolute Gasteiger partial charge is 0.212 e. The molecule has 1 heterocycles. The Kier molecular flexibility index (Phi) is 3.67. The summed E-state index contributed by atoms with van der Waals surface area (Å²) in [7, 11) is 0. The SMILES string of the molecule is O=C(Sc1ccccc1)C1CN1Cc1ccccc1. The molecule has 2 aromatic rings. The van der Waals surface area contributed by atoms with Gasteiger partial charge >= 0.3 is 0 Å². The van der Waals surface area contributed by atoms with E-state index in [4.69, 9.17) is 0 Å². The van der Waals surface area contributed by atoms with E-state index in [0.717, 1.165) is 18.0 Å². The van der Waals surface area contributed by atoms with E-state index in [1.807, 2.05) is 48.5 Å². The number of thioether (sulfide) groups is 1. The van der Waals surface area contributed by atoms with E-state index >= 15 is 0 Å². The van der Waals surface area contributed by atoms with Crippen LogP contribution in [-0.2, 0) is 11.3 Å². The molecule has 0 spiro atoms. The minimum atomic E-state index is 0.0883. The molecular formula is C16H15NOS. The Morgan fingerprint density at radius 2 is 1.68 bits per heavy atom. The van der Waals surface area contributed by atoms with Crippen molar-refractivity contribution in [1.29, 1.82) is 0 Å². The third-order valence-corrected chi connectivity index (χ3v) is 4.16. The van der Waals surface area contributed by atoms with Gasteiger partial charge in [-0.05, 0) is 17.7 Å². The lowest BCUT2D eigenvalue weighted by atomic mass is 10.2. The fourth-order valence-electron chi connectivity index (χ4n) is 2.06. The van der Waals surface area contributed by atoms with Crippen LogP contribution in [-0.4, -0.2) is 22.6 Å². The lowest BCUT2D eigenvalue weighted by Crippen LogP contribution is -2.09. The van der Waals surface area contributed by atoms with Crippen molar-refractivity contribution >= 4 is 16.9 Å². The van der Waals surface area contributed by atoms with Crippen molar-refractivity contribution in [1.82, 2.24) is 4.90 Å². The Hall–Kier alpha value is -1.58. The quantitative estimate of drug-likeness (QED) is 0.628. The van der Waals surface area contributed by atoms with Gasteiger partial charge in [-0.3, -0.25) is 9.69 Å². The van der Waals surface area contributed by atoms with E-state index in [9.17, 15) is 4.79 Å². The summed E-state index contributed by atoms with van der Waals surface area (Å²) in [5, 5.41) is 0.252. The fraction of sp³-hybridized carbons (Fsp3) is 0.188. The summed E-state index contributed by atoms with van der Waals surface area (Å²) in [6.45, 7) is 1.75. The van der Waals surface area contributed by atoms with Gasteiger partial charge in [-0.15, -0.1) is 0 Å². The van der Waals surface area contributed by atoms with Crippen LogP contribution in [0.4, 0.5) is 0 Å². The molecule has 0 radical (unpaired) electrons.